The fourth-order valence-electron chi connectivity index (χ4n) is 8.09. The first kappa shape index (κ1) is 29.4. The fourth-order valence-corrected chi connectivity index (χ4v) is 8.09. The molecule has 0 radical (unpaired) electrons. The van der Waals surface area contributed by atoms with Crippen molar-refractivity contribution >= 4 is 5.91 Å². The summed E-state index contributed by atoms with van der Waals surface area (Å²) in [6.07, 6.45) is 8.67. The van der Waals surface area contributed by atoms with E-state index >= 15 is 0 Å². The summed E-state index contributed by atoms with van der Waals surface area (Å²) in [5.74, 6) is 2.11. The number of carbonyl (C=O) groups excluding carboxylic acids is 1. The van der Waals surface area contributed by atoms with Crippen molar-refractivity contribution < 1.29 is 19.0 Å². The quantitative estimate of drug-likeness (QED) is 0.473. The van der Waals surface area contributed by atoms with Gasteiger partial charge in [0.25, 0.3) is 0 Å². The van der Waals surface area contributed by atoms with Crippen LogP contribution in [0.5, 0.6) is 11.5 Å². The highest BCUT2D eigenvalue weighted by Gasteiger charge is 2.51. The van der Waals surface area contributed by atoms with Crippen molar-refractivity contribution in [3.05, 3.63) is 36.4 Å². The summed E-state index contributed by atoms with van der Waals surface area (Å²) in [5, 5.41) is 17.2. The van der Waals surface area contributed by atoms with E-state index in [0.29, 0.717) is 38.1 Å². The molecule has 2 N–H and O–H groups in total. The minimum Gasteiger partial charge on any atom is -0.496 e. The first-order valence-electron chi connectivity index (χ1n) is 15.7. The Balaban J connectivity index is 1.21. The Morgan fingerprint density at radius 2 is 2.12 bits per heavy atom. The molecular weight excluding hydrogens is 532 g/mol. The second kappa shape index (κ2) is 12.5. The van der Waals surface area contributed by atoms with E-state index < -0.39 is 0 Å². The zero-order chi connectivity index (χ0) is 29.3. The minimum absolute atomic E-state index is 0.0815. The van der Waals surface area contributed by atoms with E-state index in [-0.39, 0.29) is 36.1 Å². The number of nitrogens with zero attached hydrogens (tertiary/aromatic N) is 4. The van der Waals surface area contributed by atoms with Crippen LogP contribution in [0.2, 0.25) is 0 Å². The van der Waals surface area contributed by atoms with Gasteiger partial charge in [0.15, 0.2) is 6.35 Å². The highest BCUT2D eigenvalue weighted by molar-refractivity contribution is 5.87. The lowest BCUT2D eigenvalue weighted by Crippen LogP contribution is -2.73. The van der Waals surface area contributed by atoms with Crippen LogP contribution in [0.4, 0.5) is 0 Å². The molecule has 1 aromatic rings. The van der Waals surface area contributed by atoms with Gasteiger partial charge in [-0.2, -0.15) is 5.26 Å². The third kappa shape index (κ3) is 5.78. The number of fused-ring (bicyclic) bond motifs is 2. The molecule has 1 aliphatic carbocycles. The Labute approximate surface area is 249 Å². The maximum absolute atomic E-state index is 12.6. The largest absolute Gasteiger partial charge is 0.496 e. The number of rotatable bonds is 7. The molecule has 3 saturated heterocycles. The number of nitrogens with one attached hydrogen (secondary N) is 2. The van der Waals surface area contributed by atoms with Crippen LogP contribution in [-0.4, -0.2) is 104 Å². The van der Waals surface area contributed by atoms with Gasteiger partial charge in [-0.3, -0.25) is 20.3 Å². The molecule has 0 aromatic heterocycles. The summed E-state index contributed by atoms with van der Waals surface area (Å²) in [7, 11) is 3.90. The molecular formula is C32H46N6O4. The number of likely N-dealkylation sites (tertiary alicyclic amines) is 1. The average Bonchev–Trinajstić information content (AvgIpc) is 3.43. The van der Waals surface area contributed by atoms with Gasteiger partial charge in [-0.05, 0) is 70.3 Å². The molecule has 1 amide bonds. The van der Waals surface area contributed by atoms with Crippen LogP contribution in [0, 0.1) is 17.2 Å². The number of carbonyl (C=O) groups is 1. The van der Waals surface area contributed by atoms with Gasteiger partial charge in [0.05, 0.1) is 38.4 Å². The van der Waals surface area contributed by atoms with Gasteiger partial charge in [-0.25, -0.2) is 0 Å². The lowest BCUT2D eigenvalue weighted by molar-refractivity contribution is -0.139. The lowest BCUT2D eigenvalue weighted by Gasteiger charge is -2.56. The van der Waals surface area contributed by atoms with E-state index in [4.69, 9.17) is 14.2 Å². The van der Waals surface area contributed by atoms with Crippen LogP contribution in [0.3, 0.4) is 0 Å². The molecule has 228 valence electrons. The summed E-state index contributed by atoms with van der Waals surface area (Å²) in [4.78, 5) is 19.2. The Bertz CT molecular complexity index is 1190. The highest BCUT2D eigenvalue weighted by Crippen LogP contribution is 2.47. The second-order valence-electron chi connectivity index (χ2n) is 12.8. The van der Waals surface area contributed by atoms with Crippen molar-refractivity contribution in [2.24, 2.45) is 5.92 Å². The van der Waals surface area contributed by atoms with E-state index in [1.165, 1.54) is 18.1 Å². The first-order chi connectivity index (χ1) is 20.4. The van der Waals surface area contributed by atoms with Crippen molar-refractivity contribution in [1.82, 2.24) is 25.3 Å². The summed E-state index contributed by atoms with van der Waals surface area (Å²) < 4.78 is 19.0. The molecule has 6 unspecified atom stereocenters. The van der Waals surface area contributed by atoms with Crippen LogP contribution >= 0.6 is 0 Å². The summed E-state index contributed by atoms with van der Waals surface area (Å²) in [6, 6.07) is 8.90. The van der Waals surface area contributed by atoms with Crippen molar-refractivity contribution in [3.63, 3.8) is 0 Å². The zero-order valence-electron chi connectivity index (χ0n) is 25.1. The van der Waals surface area contributed by atoms with E-state index in [2.05, 4.69) is 46.2 Å². The number of methoxy groups -OCH3 is 1. The monoisotopic (exact) mass is 578 g/mol. The third-order valence-corrected chi connectivity index (χ3v) is 10.4. The van der Waals surface area contributed by atoms with E-state index in [9.17, 15) is 10.1 Å². The smallest absolute Gasteiger partial charge is 0.246 e. The lowest BCUT2D eigenvalue weighted by atomic mass is 9.70. The predicted molar refractivity (Wildman–Crippen MR) is 159 cm³/mol. The van der Waals surface area contributed by atoms with E-state index in [1.807, 2.05) is 17.0 Å². The van der Waals surface area contributed by atoms with Gasteiger partial charge in [-0.15, -0.1) is 0 Å². The van der Waals surface area contributed by atoms with E-state index in [1.54, 1.807) is 7.11 Å². The molecule has 4 fully saturated rings. The Hall–Kier alpha value is -2.68. The van der Waals surface area contributed by atoms with Gasteiger partial charge in [0.2, 0.25) is 5.91 Å². The number of hydrogen-bond acceptors (Lipinski definition) is 9. The van der Waals surface area contributed by atoms with Gasteiger partial charge < -0.3 is 24.0 Å². The topological polar surface area (TPSA) is 102 Å². The van der Waals surface area contributed by atoms with Gasteiger partial charge in [0.1, 0.15) is 17.1 Å². The highest BCUT2D eigenvalue weighted by atomic mass is 16.5. The van der Waals surface area contributed by atoms with Crippen LogP contribution in [-0.2, 0) is 16.0 Å². The van der Waals surface area contributed by atoms with E-state index in [0.717, 1.165) is 63.1 Å². The maximum atomic E-state index is 12.6. The fraction of sp³-hybridized carbons (Fsp3) is 0.688. The van der Waals surface area contributed by atoms with Crippen LogP contribution in [0.1, 0.15) is 50.5 Å². The van der Waals surface area contributed by atoms with Crippen LogP contribution in [0.15, 0.2) is 30.9 Å². The standard InChI is InChI=1S/C32H46N6O4/c1-4-29(39)38-18-17-37(20-22(38)12-15-33)30-24-10-13-32(14-11-25-27(40-3)8-5-9-28(25)42-32)19-26(24)34-31(35-30)41-21-23-7-6-16-36(23)2/h4-5,8-9,22-24,26,30-31,34-35H,1,6-7,10-14,16-21H2,2-3H3/t22?,23?,24?,26?,30?,31?,32-/m0/s1. The summed E-state index contributed by atoms with van der Waals surface area (Å²) in [5.41, 5.74) is 0.950. The molecule has 10 heteroatoms. The molecule has 42 heavy (non-hydrogen) atoms. The first-order valence-corrected chi connectivity index (χ1v) is 15.7. The zero-order valence-corrected chi connectivity index (χ0v) is 25.1. The Morgan fingerprint density at radius 3 is 2.88 bits per heavy atom. The molecule has 0 bridgehead atoms. The Kier molecular flexibility index (Phi) is 8.75. The maximum Gasteiger partial charge on any atom is 0.246 e. The predicted octanol–water partition coefficient (Wildman–Crippen LogP) is 2.45. The van der Waals surface area contributed by atoms with Crippen molar-refractivity contribution in [1.29, 1.82) is 5.26 Å². The van der Waals surface area contributed by atoms with Crippen molar-refractivity contribution in [2.75, 3.05) is 46.9 Å². The average molecular weight is 579 g/mol. The molecule has 10 nitrogen and oxygen atoms in total. The van der Waals surface area contributed by atoms with Crippen LogP contribution < -0.4 is 20.1 Å². The number of likely N-dealkylation sites (N-methyl/N-ethyl adjacent to an activating group) is 1. The second-order valence-corrected chi connectivity index (χ2v) is 12.8. The van der Waals surface area contributed by atoms with Crippen LogP contribution in [0.25, 0.3) is 0 Å². The summed E-state index contributed by atoms with van der Waals surface area (Å²) in [6.45, 7) is 7.46. The molecule has 4 aliphatic heterocycles. The molecule has 4 heterocycles. The van der Waals surface area contributed by atoms with Crippen molar-refractivity contribution in [3.8, 4) is 17.6 Å². The molecule has 7 atom stereocenters. The SMILES string of the molecule is C=CC(=O)N1CCN(C2NC(OCC3CCCN3C)NC3C[C@@]4(CCc5c(OC)cccc5O4)CCC32)CC1CC#N. The molecule has 1 aromatic carbocycles. The van der Waals surface area contributed by atoms with Crippen molar-refractivity contribution in [2.45, 2.75) is 87.6 Å². The number of ether oxygens (including phenoxy) is 3. The Morgan fingerprint density at radius 1 is 1.24 bits per heavy atom. The number of piperazine rings is 1. The minimum atomic E-state index is -0.279. The molecule has 1 spiro atoms. The van der Waals surface area contributed by atoms with Gasteiger partial charge >= 0.3 is 0 Å². The molecule has 1 saturated carbocycles. The number of hydrogen-bond donors (Lipinski definition) is 2. The number of nitriles is 1. The molecule has 5 aliphatic rings. The molecule has 6 rings (SSSR count). The number of benzene rings is 1. The van der Waals surface area contributed by atoms with Gasteiger partial charge in [0, 0.05) is 49.6 Å². The normalized spacial score (nSPS) is 35.1. The third-order valence-electron chi connectivity index (χ3n) is 10.4. The number of amides is 1. The summed E-state index contributed by atoms with van der Waals surface area (Å²) >= 11 is 0. The van der Waals surface area contributed by atoms with Gasteiger partial charge in [-0.1, -0.05) is 12.6 Å².